The Kier molecular flexibility index (Phi) is 4.90. The van der Waals surface area contributed by atoms with E-state index in [0.29, 0.717) is 23.4 Å². The highest BCUT2D eigenvalue weighted by atomic mass is 16.5. The van der Waals surface area contributed by atoms with Crippen molar-refractivity contribution < 1.29 is 9.47 Å². The van der Waals surface area contributed by atoms with Crippen LogP contribution in [0.3, 0.4) is 0 Å². The summed E-state index contributed by atoms with van der Waals surface area (Å²) in [6.07, 6.45) is 0.828. The molecule has 0 unspecified atom stereocenters. The minimum absolute atomic E-state index is 0.000770. The fraction of sp³-hybridized carbons (Fsp3) is 0.381. The molecule has 1 aromatic heterocycles. The summed E-state index contributed by atoms with van der Waals surface area (Å²) in [5.41, 5.74) is 3.64. The van der Waals surface area contributed by atoms with Gasteiger partial charge in [0.2, 0.25) is 5.95 Å². The minimum Gasteiger partial charge on any atom is -0.493 e. The van der Waals surface area contributed by atoms with Crippen LogP contribution in [-0.2, 0) is 0 Å². The van der Waals surface area contributed by atoms with Crippen molar-refractivity contribution in [2.75, 3.05) is 19.5 Å². The second kappa shape index (κ2) is 7.50. The molecule has 2 aromatic carbocycles. The summed E-state index contributed by atoms with van der Waals surface area (Å²) in [6, 6.07) is 14.9. The van der Waals surface area contributed by atoms with E-state index in [0.717, 1.165) is 12.0 Å². The van der Waals surface area contributed by atoms with Gasteiger partial charge < -0.3 is 14.8 Å². The lowest BCUT2D eigenvalue weighted by Crippen LogP contribution is -2.28. The van der Waals surface area contributed by atoms with Gasteiger partial charge in [0.1, 0.15) is 0 Å². The molecule has 4 rings (SSSR count). The Morgan fingerprint density at radius 1 is 1.00 bits per heavy atom. The first kappa shape index (κ1) is 18.3. The van der Waals surface area contributed by atoms with Crippen molar-refractivity contribution >= 4 is 5.95 Å². The maximum absolute atomic E-state index is 5.48. The van der Waals surface area contributed by atoms with Crippen LogP contribution in [0.15, 0.2) is 42.5 Å². The van der Waals surface area contributed by atoms with Crippen LogP contribution in [0.25, 0.3) is 0 Å². The molecule has 1 N–H and O–H groups in total. The highest BCUT2D eigenvalue weighted by molar-refractivity contribution is 5.46. The van der Waals surface area contributed by atoms with Gasteiger partial charge >= 0.3 is 0 Å². The van der Waals surface area contributed by atoms with Crippen molar-refractivity contribution in [3.63, 3.8) is 0 Å². The largest absolute Gasteiger partial charge is 0.493 e. The summed E-state index contributed by atoms with van der Waals surface area (Å²) >= 11 is 0. The Morgan fingerprint density at radius 3 is 2.39 bits per heavy atom. The predicted molar refractivity (Wildman–Crippen MR) is 107 cm³/mol. The van der Waals surface area contributed by atoms with E-state index >= 15 is 0 Å². The first-order valence-corrected chi connectivity index (χ1v) is 9.47. The van der Waals surface area contributed by atoms with Gasteiger partial charge in [0.15, 0.2) is 11.5 Å². The first-order valence-electron chi connectivity index (χ1n) is 9.47. The smallest absolute Gasteiger partial charge is 0.243 e. The van der Waals surface area contributed by atoms with Crippen LogP contribution in [0.5, 0.6) is 11.5 Å². The van der Waals surface area contributed by atoms with Gasteiger partial charge in [0.25, 0.3) is 0 Å². The molecule has 2 heterocycles. The maximum Gasteiger partial charge on any atom is 0.243 e. The van der Waals surface area contributed by atoms with Gasteiger partial charge in [-0.25, -0.2) is 4.68 Å². The molecule has 0 bridgehead atoms. The number of hydrogen-bond acceptors (Lipinski definition) is 6. The Bertz CT molecular complexity index is 952. The van der Waals surface area contributed by atoms with E-state index in [2.05, 4.69) is 59.0 Å². The zero-order valence-electron chi connectivity index (χ0n) is 16.6. The number of benzene rings is 2. The molecule has 28 heavy (non-hydrogen) atoms. The molecule has 0 saturated carbocycles. The number of tetrazole rings is 1. The van der Waals surface area contributed by atoms with Crippen molar-refractivity contribution in [1.29, 1.82) is 0 Å². The van der Waals surface area contributed by atoms with Gasteiger partial charge in [-0.3, -0.25) is 0 Å². The summed E-state index contributed by atoms with van der Waals surface area (Å²) in [7, 11) is 3.28. The Hall–Kier alpha value is -3.09. The van der Waals surface area contributed by atoms with E-state index in [-0.39, 0.29) is 12.1 Å². The molecule has 3 aromatic rings. The molecule has 0 radical (unpaired) electrons. The number of hydrogen-bond donors (Lipinski definition) is 1. The number of nitrogens with one attached hydrogen (secondary N) is 1. The highest BCUT2D eigenvalue weighted by Gasteiger charge is 2.31. The summed E-state index contributed by atoms with van der Waals surface area (Å²) in [4.78, 5) is 0. The molecule has 2 atom stereocenters. The normalized spacial score (nSPS) is 18.5. The van der Waals surface area contributed by atoms with Crippen LogP contribution >= 0.6 is 0 Å². The molecule has 0 aliphatic carbocycles. The molecule has 7 nitrogen and oxygen atoms in total. The molecule has 0 amide bonds. The van der Waals surface area contributed by atoms with E-state index in [9.17, 15) is 0 Å². The molecule has 146 valence electrons. The number of rotatable bonds is 5. The van der Waals surface area contributed by atoms with Crippen molar-refractivity contribution in [3.8, 4) is 11.5 Å². The summed E-state index contributed by atoms with van der Waals surface area (Å²) in [5, 5.41) is 15.7. The lowest BCUT2D eigenvalue weighted by molar-refractivity contribution is 0.352. The quantitative estimate of drug-likeness (QED) is 0.723. The van der Waals surface area contributed by atoms with E-state index in [4.69, 9.17) is 9.47 Å². The number of methoxy groups -OCH3 is 2. The standard InChI is InChI=1S/C21H25N5O2/c1-13(2)14-5-7-15(8-6-14)17-12-18(26-21(22-17)23-24-25-26)16-9-10-19(27-3)20(11-16)28-4/h5-11,13,17-18H,12H2,1-4H3,(H,22,23,25)/t17-,18+/m1/s1. The van der Waals surface area contributed by atoms with Crippen molar-refractivity contribution in [2.45, 2.75) is 38.3 Å². The van der Waals surface area contributed by atoms with Gasteiger partial charge in [-0.2, -0.15) is 0 Å². The van der Waals surface area contributed by atoms with Gasteiger partial charge in [-0.1, -0.05) is 49.3 Å². The monoisotopic (exact) mass is 379 g/mol. The molecular weight excluding hydrogens is 354 g/mol. The van der Waals surface area contributed by atoms with Crippen LogP contribution in [0.2, 0.25) is 0 Å². The van der Waals surface area contributed by atoms with Crippen LogP contribution in [0, 0.1) is 0 Å². The van der Waals surface area contributed by atoms with Gasteiger partial charge in [0.05, 0.1) is 26.3 Å². The average molecular weight is 379 g/mol. The maximum atomic E-state index is 5.48. The van der Waals surface area contributed by atoms with E-state index in [1.54, 1.807) is 14.2 Å². The fourth-order valence-corrected chi connectivity index (χ4v) is 3.71. The molecule has 1 aliphatic heterocycles. The Labute approximate surface area is 164 Å². The number of aromatic nitrogens is 4. The Balaban J connectivity index is 1.68. The minimum atomic E-state index is 0.000770. The number of ether oxygens (including phenoxy) is 2. The fourth-order valence-electron chi connectivity index (χ4n) is 3.71. The summed E-state index contributed by atoms with van der Waals surface area (Å²) in [6.45, 7) is 4.41. The van der Waals surface area contributed by atoms with Crippen molar-refractivity contribution in [3.05, 3.63) is 59.2 Å². The molecule has 0 saturated heterocycles. The molecule has 1 aliphatic rings. The van der Waals surface area contributed by atoms with Crippen molar-refractivity contribution in [1.82, 2.24) is 20.2 Å². The molecular formula is C21H25N5O2. The third-order valence-corrected chi connectivity index (χ3v) is 5.35. The zero-order chi connectivity index (χ0) is 19.7. The summed E-state index contributed by atoms with van der Waals surface area (Å²) < 4.78 is 12.7. The number of fused-ring (bicyclic) bond motifs is 1. The molecule has 7 heteroatoms. The van der Waals surface area contributed by atoms with Crippen LogP contribution in [0.4, 0.5) is 5.95 Å². The van der Waals surface area contributed by atoms with E-state index in [1.807, 2.05) is 22.9 Å². The second-order valence-corrected chi connectivity index (χ2v) is 7.33. The number of anilines is 1. The second-order valence-electron chi connectivity index (χ2n) is 7.33. The topological polar surface area (TPSA) is 74.1 Å². The van der Waals surface area contributed by atoms with Gasteiger partial charge in [-0.05, 0) is 51.6 Å². The Morgan fingerprint density at radius 2 is 1.71 bits per heavy atom. The summed E-state index contributed by atoms with van der Waals surface area (Å²) in [5.74, 6) is 2.59. The zero-order valence-corrected chi connectivity index (χ0v) is 16.6. The third-order valence-electron chi connectivity index (χ3n) is 5.35. The van der Waals surface area contributed by atoms with Gasteiger partial charge in [0, 0.05) is 0 Å². The lowest BCUT2D eigenvalue weighted by Gasteiger charge is -2.31. The van der Waals surface area contributed by atoms with Crippen LogP contribution < -0.4 is 14.8 Å². The molecule has 0 fully saturated rings. The van der Waals surface area contributed by atoms with Crippen LogP contribution in [-0.4, -0.2) is 34.4 Å². The molecule has 0 spiro atoms. The highest BCUT2D eigenvalue weighted by Crippen LogP contribution is 2.39. The van der Waals surface area contributed by atoms with Crippen LogP contribution in [0.1, 0.15) is 55.0 Å². The first-order chi connectivity index (χ1) is 13.6. The predicted octanol–water partition coefficient (Wildman–Crippen LogP) is 3.96. The van der Waals surface area contributed by atoms with Gasteiger partial charge in [-0.15, -0.1) is 0 Å². The average Bonchev–Trinajstić information content (AvgIpc) is 3.21. The third kappa shape index (κ3) is 3.28. The van der Waals surface area contributed by atoms with Crippen molar-refractivity contribution in [2.24, 2.45) is 0 Å². The SMILES string of the molecule is COc1ccc([C@@H]2C[C@H](c3ccc(C(C)C)cc3)Nc3nnnn32)cc1OC. The van der Waals surface area contributed by atoms with E-state index in [1.165, 1.54) is 11.1 Å². The van der Waals surface area contributed by atoms with E-state index < -0.39 is 0 Å². The number of nitrogens with zero attached hydrogens (tertiary/aromatic N) is 4. The lowest BCUT2D eigenvalue weighted by atomic mass is 9.92.